The van der Waals surface area contributed by atoms with Crippen LogP contribution in [0.1, 0.15) is 30.1 Å². The van der Waals surface area contributed by atoms with Crippen LogP contribution in [-0.2, 0) is 9.59 Å². The third kappa shape index (κ3) is 3.07. The lowest BCUT2D eigenvalue weighted by Crippen LogP contribution is -2.33. The van der Waals surface area contributed by atoms with Crippen molar-refractivity contribution in [2.45, 2.75) is 19.8 Å². The lowest BCUT2D eigenvalue weighted by atomic mass is 9.82. The summed E-state index contributed by atoms with van der Waals surface area (Å²) in [5, 5.41) is 12.1. The number of amides is 3. The molecule has 142 valence electrons. The number of para-hydroxylation sites is 1. The van der Waals surface area contributed by atoms with Gasteiger partial charge in [-0.1, -0.05) is 23.8 Å². The molecule has 4 rings (SSSR count). The zero-order valence-electron chi connectivity index (χ0n) is 15.4. The van der Waals surface area contributed by atoms with Crippen LogP contribution in [0.5, 0.6) is 5.75 Å². The second-order valence-corrected chi connectivity index (χ2v) is 7.23. The third-order valence-electron chi connectivity index (χ3n) is 5.34. The normalized spacial score (nSPS) is 21.3. The molecule has 1 aliphatic carbocycles. The second-order valence-electron chi connectivity index (χ2n) is 7.23. The number of rotatable bonds is 3. The van der Waals surface area contributed by atoms with Crippen LogP contribution in [0.15, 0.2) is 60.2 Å². The van der Waals surface area contributed by atoms with Gasteiger partial charge in [0.1, 0.15) is 5.75 Å². The fraction of sp³-hybridized carbons (Fsp3) is 0.227. The summed E-state index contributed by atoms with van der Waals surface area (Å²) < 4.78 is 0. The van der Waals surface area contributed by atoms with Gasteiger partial charge in [0, 0.05) is 5.69 Å². The molecule has 0 unspecified atom stereocenters. The van der Waals surface area contributed by atoms with Crippen molar-refractivity contribution in [2.75, 3.05) is 10.2 Å². The Hall–Kier alpha value is -3.41. The van der Waals surface area contributed by atoms with Crippen LogP contribution in [-0.4, -0.2) is 22.8 Å². The van der Waals surface area contributed by atoms with Gasteiger partial charge in [0.2, 0.25) is 11.8 Å². The van der Waals surface area contributed by atoms with E-state index in [1.54, 1.807) is 36.4 Å². The van der Waals surface area contributed by atoms with Gasteiger partial charge in [-0.3, -0.25) is 14.4 Å². The van der Waals surface area contributed by atoms with E-state index in [9.17, 15) is 19.5 Å². The van der Waals surface area contributed by atoms with Crippen LogP contribution in [0.2, 0.25) is 0 Å². The average molecular weight is 376 g/mol. The molecule has 1 aliphatic heterocycles. The lowest BCUT2D eigenvalue weighted by molar-refractivity contribution is -0.122. The molecular formula is C22H20N2O4. The van der Waals surface area contributed by atoms with Crippen LogP contribution in [0.4, 0.5) is 11.4 Å². The summed E-state index contributed by atoms with van der Waals surface area (Å²) in [6.07, 6.45) is 3.15. The standard InChI is InChI=1S/C22H20N2O4/c1-13-6-11-16-18(12-13)22(28)24(21(16)27)19-5-3-2-4-17(19)20(26)23-14-7-9-15(25)10-8-14/h2-10,16,18,25H,11-12H2,1H3,(H,23,26)/t16-,18-/m1/s1. The Labute approximate surface area is 162 Å². The molecule has 0 radical (unpaired) electrons. The van der Waals surface area contributed by atoms with Gasteiger partial charge in [-0.15, -0.1) is 0 Å². The molecule has 1 saturated heterocycles. The van der Waals surface area contributed by atoms with Gasteiger partial charge in [0.25, 0.3) is 5.91 Å². The van der Waals surface area contributed by atoms with Gasteiger partial charge < -0.3 is 10.4 Å². The van der Waals surface area contributed by atoms with E-state index in [0.717, 1.165) is 5.57 Å². The molecule has 2 N–H and O–H groups in total. The maximum Gasteiger partial charge on any atom is 0.257 e. The number of aromatic hydroxyl groups is 1. The number of fused-ring (bicyclic) bond motifs is 1. The Morgan fingerprint density at radius 1 is 1.04 bits per heavy atom. The maximum atomic E-state index is 13.0. The Bertz CT molecular complexity index is 994. The highest BCUT2D eigenvalue weighted by Crippen LogP contribution is 2.40. The van der Waals surface area contributed by atoms with Crippen molar-refractivity contribution in [3.05, 3.63) is 65.7 Å². The summed E-state index contributed by atoms with van der Waals surface area (Å²) in [6, 6.07) is 12.7. The molecule has 6 heteroatoms. The minimum atomic E-state index is -0.425. The highest BCUT2D eigenvalue weighted by Gasteiger charge is 2.49. The molecule has 0 saturated carbocycles. The monoisotopic (exact) mass is 376 g/mol. The molecule has 0 aromatic heterocycles. The van der Waals surface area contributed by atoms with Crippen molar-refractivity contribution in [3.8, 4) is 5.75 Å². The number of hydrogen-bond acceptors (Lipinski definition) is 4. The Morgan fingerprint density at radius 3 is 2.46 bits per heavy atom. The summed E-state index contributed by atoms with van der Waals surface area (Å²) in [7, 11) is 0. The molecule has 2 aromatic rings. The number of hydrogen-bond donors (Lipinski definition) is 2. The number of anilines is 2. The fourth-order valence-corrected chi connectivity index (χ4v) is 3.88. The van der Waals surface area contributed by atoms with E-state index in [1.807, 2.05) is 13.0 Å². The quantitative estimate of drug-likeness (QED) is 0.488. The topological polar surface area (TPSA) is 86.7 Å². The largest absolute Gasteiger partial charge is 0.508 e. The van der Waals surface area contributed by atoms with E-state index in [-0.39, 0.29) is 35.0 Å². The summed E-state index contributed by atoms with van der Waals surface area (Å²) in [4.78, 5) is 39.9. The number of phenols is 1. The highest BCUT2D eigenvalue weighted by molar-refractivity contribution is 6.25. The molecule has 2 atom stereocenters. The third-order valence-corrected chi connectivity index (χ3v) is 5.34. The molecule has 2 aliphatic rings. The minimum Gasteiger partial charge on any atom is -0.508 e. The van der Waals surface area contributed by atoms with Gasteiger partial charge >= 0.3 is 0 Å². The molecule has 28 heavy (non-hydrogen) atoms. The fourth-order valence-electron chi connectivity index (χ4n) is 3.88. The number of nitrogens with one attached hydrogen (secondary N) is 1. The number of imide groups is 1. The van der Waals surface area contributed by atoms with Crippen LogP contribution >= 0.6 is 0 Å². The molecule has 1 heterocycles. The van der Waals surface area contributed by atoms with Crippen LogP contribution in [0, 0.1) is 11.8 Å². The van der Waals surface area contributed by atoms with Gasteiger partial charge in [-0.05, 0) is 56.2 Å². The van der Waals surface area contributed by atoms with E-state index in [4.69, 9.17) is 0 Å². The van der Waals surface area contributed by atoms with Crippen LogP contribution < -0.4 is 10.2 Å². The Balaban J connectivity index is 1.65. The molecule has 0 spiro atoms. The van der Waals surface area contributed by atoms with E-state index in [2.05, 4.69) is 5.32 Å². The molecule has 3 amide bonds. The average Bonchev–Trinajstić information content (AvgIpc) is 2.93. The Kier molecular flexibility index (Phi) is 4.47. The second kappa shape index (κ2) is 6.96. The first-order valence-corrected chi connectivity index (χ1v) is 9.18. The van der Waals surface area contributed by atoms with Gasteiger partial charge in [-0.2, -0.15) is 0 Å². The van der Waals surface area contributed by atoms with Gasteiger partial charge in [0.05, 0.1) is 23.1 Å². The van der Waals surface area contributed by atoms with Gasteiger partial charge in [0.15, 0.2) is 0 Å². The van der Waals surface area contributed by atoms with E-state index >= 15 is 0 Å². The van der Waals surface area contributed by atoms with Crippen molar-refractivity contribution >= 4 is 29.1 Å². The predicted octanol–water partition coefficient (Wildman–Crippen LogP) is 3.49. The number of benzene rings is 2. The number of nitrogens with zero attached hydrogens (tertiary/aromatic N) is 1. The summed E-state index contributed by atoms with van der Waals surface area (Å²) in [5.74, 6) is -1.53. The summed E-state index contributed by atoms with van der Waals surface area (Å²) in [6.45, 7) is 1.97. The lowest BCUT2D eigenvalue weighted by Gasteiger charge is -2.19. The molecule has 0 bridgehead atoms. The van der Waals surface area contributed by atoms with E-state index in [1.165, 1.54) is 17.0 Å². The van der Waals surface area contributed by atoms with Crippen LogP contribution in [0.25, 0.3) is 0 Å². The first-order valence-electron chi connectivity index (χ1n) is 9.18. The number of phenolic OH excluding ortho intramolecular Hbond substituents is 1. The Morgan fingerprint density at radius 2 is 1.71 bits per heavy atom. The predicted molar refractivity (Wildman–Crippen MR) is 105 cm³/mol. The first kappa shape index (κ1) is 18.0. The minimum absolute atomic E-state index is 0.0955. The first-order chi connectivity index (χ1) is 13.5. The van der Waals surface area contributed by atoms with Crippen molar-refractivity contribution in [3.63, 3.8) is 0 Å². The van der Waals surface area contributed by atoms with Crippen molar-refractivity contribution in [1.29, 1.82) is 0 Å². The number of carbonyl (C=O) groups is 3. The van der Waals surface area contributed by atoms with Crippen molar-refractivity contribution in [2.24, 2.45) is 11.8 Å². The summed E-state index contributed by atoms with van der Waals surface area (Å²) >= 11 is 0. The van der Waals surface area contributed by atoms with Gasteiger partial charge in [-0.25, -0.2) is 4.90 Å². The smallest absolute Gasteiger partial charge is 0.257 e. The van der Waals surface area contributed by atoms with Crippen molar-refractivity contribution < 1.29 is 19.5 Å². The summed E-state index contributed by atoms with van der Waals surface area (Å²) in [5.41, 5.74) is 2.18. The van der Waals surface area contributed by atoms with Crippen LogP contribution in [0.3, 0.4) is 0 Å². The number of carbonyl (C=O) groups excluding carboxylic acids is 3. The molecule has 1 fully saturated rings. The zero-order chi connectivity index (χ0) is 19.8. The molecular weight excluding hydrogens is 356 g/mol. The van der Waals surface area contributed by atoms with E-state index < -0.39 is 5.91 Å². The molecule has 6 nitrogen and oxygen atoms in total. The molecule has 2 aromatic carbocycles. The SMILES string of the molecule is CC1=CC[C@H]2C(=O)N(c3ccccc3C(=O)Nc3ccc(O)cc3)C(=O)[C@@H]2C1. The highest BCUT2D eigenvalue weighted by atomic mass is 16.3. The van der Waals surface area contributed by atoms with Crippen molar-refractivity contribution in [1.82, 2.24) is 0 Å². The zero-order valence-corrected chi connectivity index (χ0v) is 15.4. The van der Waals surface area contributed by atoms with E-state index in [0.29, 0.717) is 24.2 Å². The maximum absolute atomic E-state index is 13.0. The number of allylic oxidation sites excluding steroid dienone is 2.